The molecule has 2 N–H and O–H groups in total. The van der Waals surface area contributed by atoms with Gasteiger partial charge in [-0.15, -0.1) is 15.1 Å². The topological polar surface area (TPSA) is 152 Å². The summed E-state index contributed by atoms with van der Waals surface area (Å²) in [6.45, 7) is 140. The van der Waals surface area contributed by atoms with Gasteiger partial charge >= 0.3 is 68.5 Å². The van der Waals surface area contributed by atoms with Crippen molar-refractivity contribution in [3.05, 3.63) is 12.7 Å². The van der Waals surface area contributed by atoms with Gasteiger partial charge in [-0.25, -0.2) is 0 Å². The first-order valence-electron chi connectivity index (χ1n) is 43.9. The molecule has 0 rings (SSSR count). The van der Waals surface area contributed by atoms with Crippen molar-refractivity contribution in [1.29, 1.82) is 1.28 Å². The first kappa shape index (κ1) is 135. The van der Waals surface area contributed by atoms with Crippen molar-refractivity contribution in [3.63, 3.8) is 0 Å². The number of nitrogens with zero attached hydrogens (tertiary/aromatic N) is 2. The molecule has 0 aromatic rings. The third-order valence-electron chi connectivity index (χ3n) is 16.2. The molecule has 116 heavy (non-hydrogen) atoms. The van der Waals surface area contributed by atoms with Crippen molar-refractivity contribution >= 4 is 213 Å². The van der Waals surface area contributed by atoms with Gasteiger partial charge in [0.15, 0.2) is 75.6 Å². The fraction of sp³-hybridized carbons (Fsp3) is 0.973. The summed E-state index contributed by atoms with van der Waals surface area (Å²) in [6.07, 6.45) is 9.06. The number of nitrogens with two attached hydrogens (primary N) is 1. The minimum Gasteiger partial charge on any atom is -0.440 e. The van der Waals surface area contributed by atoms with E-state index in [0.29, 0.717) is 0 Å². The molecule has 1 unspecified atom stereocenters. The molecule has 0 fully saturated rings. The summed E-state index contributed by atoms with van der Waals surface area (Å²) in [5.41, 5.74) is 6.63. The van der Waals surface area contributed by atoms with Crippen molar-refractivity contribution in [3.8, 4) is 0 Å². The molecule has 0 aliphatic carbocycles. The van der Waals surface area contributed by atoms with Crippen LogP contribution in [-0.2, 0) is 74.9 Å². The van der Waals surface area contributed by atoms with Gasteiger partial charge in [0.25, 0.3) is 0 Å². The van der Waals surface area contributed by atoms with Crippen LogP contribution in [0.1, 0.15) is 25.7 Å². The maximum Gasteiger partial charge on any atom is 0.312 e. The van der Waals surface area contributed by atoms with E-state index >= 15 is 0 Å². The van der Waals surface area contributed by atoms with Crippen LogP contribution in [0.5, 0.6) is 0 Å². The average molecular weight is 2260 g/mol. The van der Waals surface area contributed by atoms with Crippen LogP contribution in [0.15, 0.2) is 12.7 Å². The van der Waals surface area contributed by atoms with Gasteiger partial charge in [-0.1, -0.05) is 142 Å². The van der Waals surface area contributed by atoms with Gasteiger partial charge in [-0.3, -0.25) is 0 Å². The molecule has 0 spiro atoms. The van der Waals surface area contributed by atoms with Gasteiger partial charge in [0, 0.05) is 56.4 Å². The predicted molar refractivity (Wildman–Crippen MR) is 590 cm³/mol. The molecule has 16 nitrogen and oxygen atoms in total. The Bertz CT molecular complexity index is 2510. The Morgan fingerprint density at radius 3 is 0.776 bits per heavy atom. The SMILES string of the molecule is C=CCN([Si](C)(C)C)[Si](C)(C)C.CO[Si](C)(C)C.C[SiH](C)O[Si](C)(C)O[Si](C)(C)O[Si](C)(C)C.C[Si](C)(C)O[Si](C)(C)O[Si](C)(C)O[Si](C)(C)CCCC([Si](C)(C)C)[Si](C)(C)C.C[Si](C)(C)O[Si](C)(C)O[Si](C)(C)O[Si](C)(C)CCCN.C[Si](C)(C)O[Si](C)(C)O[Si](C)(C)O[Si](C)(C)CCCN([Si](C)(C)C)[Si](C)(C)C.[2H]P(C)CSC.[Pt]. The number of hydrogen-bond donors (Lipinski definition) is 1. The largest absolute Gasteiger partial charge is 0.440 e. The summed E-state index contributed by atoms with van der Waals surface area (Å²) < 4.78 is 94.7. The molecular weight excluding hydrogens is 2040 g/mol. The summed E-state index contributed by atoms with van der Waals surface area (Å²) in [7, 11) is -36.2. The molecule has 42 heteroatoms. The number of hydrogen-bond acceptors (Lipinski definition) is 17. The second kappa shape index (κ2) is 55.3. The fourth-order valence-electron chi connectivity index (χ4n) is 15.8. The summed E-state index contributed by atoms with van der Waals surface area (Å²) in [5, 5.41) is 0.989. The van der Waals surface area contributed by atoms with Gasteiger partial charge in [-0.2, -0.15) is 11.8 Å². The minimum atomic E-state index is -2.20. The predicted octanol–water partition coefficient (Wildman–Crippen LogP) is 28.0. The molecule has 0 amide bonds. The maximum atomic E-state index is 7.02. The molecule has 0 radical (unpaired) electrons. The van der Waals surface area contributed by atoms with Crippen LogP contribution < -0.4 is 5.73 Å². The molecule has 0 aliphatic rings. The van der Waals surface area contributed by atoms with Gasteiger partial charge in [-0.05, 0) is 312 Å². The van der Waals surface area contributed by atoms with Crippen LogP contribution in [0, 0.1) is 0 Å². The maximum absolute atomic E-state index is 7.02. The average Bonchev–Trinajstić information content (AvgIpc) is 0.841. The third kappa shape index (κ3) is 86.3. The van der Waals surface area contributed by atoms with Crippen LogP contribution in [0.3, 0.4) is 0 Å². The number of thioether (sulfide) groups is 1. The molecule has 0 saturated heterocycles. The summed E-state index contributed by atoms with van der Waals surface area (Å²) in [5.74, 6) is 0. The van der Waals surface area contributed by atoms with Crippen LogP contribution in [-0.4, -0.2) is 248 Å². The second-order valence-corrected chi connectivity index (χ2v) is 150. The summed E-state index contributed by atoms with van der Waals surface area (Å²) >= 11 is 1.75. The Hall–Kier alpha value is 5.56. The Balaban J connectivity index is -0.000000208. The van der Waals surface area contributed by atoms with E-state index in [1.54, 1.807) is 18.9 Å². The normalized spacial score (nSPS) is 14.8. The van der Waals surface area contributed by atoms with E-state index in [1.165, 1.54) is 37.9 Å². The van der Waals surface area contributed by atoms with Crippen molar-refractivity contribution < 1.29 is 74.9 Å². The van der Waals surface area contributed by atoms with Gasteiger partial charge in [0.1, 0.15) is 32.9 Å². The van der Waals surface area contributed by atoms with E-state index in [2.05, 4.69) is 388 Å². The number of rotatable bonds is 46. The fourth-order valence-corrected chi connectivity index (χ4v) is 120. The molecular formula is C74H210N3O13PPtSSi23. The Morgan fingerprint density at radius 1 is 0.371 bits per heavy atom. The second-order valence-electron chi connectivity index (χ2n) is 48.2. The Morgan fingerprint density at radius 2 is 0.603 bits per heavy atom. The molecule has 712 valence electrons. The zero-order valence-corrected chi connectivity index (χ0v) is 116. The molecule has 1 atom stereocenters. The third-order valence-corrected chi connectivity index (χ3v) is 99.5. The molecule has 0 aliphatic heterocycles. The monoisotopic (exact) mass is 2250 g/mol. The minimum absolute atomic E-state index is 0. The zero-order chi connectivity index (χ0) is 95.3. The van der Waals surface area contributed by atoms with Crippen molar-refractivity contribution in [2.75, 3.05) is 45.2 Å². The summed E-state index contributed by atoms with van der Waals surface area (Å²) in [6, 6.07) is 3.55. The van der Waals surface area contributed by atoms with E-state index in [0.717, 1.165) is 36.2 Å². The standard InChI is InChI=1S/C19H52O3Si6.C18H51NO3Si6.C12H35NO3Si4.C9H23NSi2.C9H28O3Si4.C4H12OSi.C3H9PS.Pt/c2*1-23(2,3)19(24(4,5)6)17-16-18-26(10,11)21-28(14,15)22-27(12,13)20-25(7,8)9;1-17(2,3)14-19(6,7)16-20(8,9)15-18(4,5)12-10-11-13;1-8-9-10(11(2,3)4)12(5,6)7;1-13(2)10-15(6,7)12-16(8,9)11-14(3,4)5;1-5-6(2,3)4;1-4-3-5-2;/h19H,16-18H2,1-15H3;16-18H2,1-15H3;10-13H2,1-9H3;8H,1,9H2,2-7H3;13H,1-9H3;1-4H3;4H,3H2,1-2H3;/i;;;;;;4D;. The first-order valence-corrected chi connectivity index (χ1v) is 119. The quantitative estimate of drug-likeness (QED) is 0.0349. The zero-order valence-electron chi connectivity index (χ0n) is 90.2. The van der Waals surface area contributed by atoms with Crippen molar-refractivity contribution in [2.45, 2.75) is 422 Å². The van der Waals surface area contributed by atoms with E-state index in [9.17, 15) is 0 Å². The van der Waals surface area contributed by atoms with Gasteiger partial charge in [0.2, 0.25) is 0 Å². The van der Waals surface area contributed by atoms with E-state index in [1.807, 2.05) is 19.0 Å². The van der Waals surface area contributed by atoms with Crippen LogP contribution in [0.25, 0.3) is 0 Å². The summed E-state index contributed by atoms with van der Waals surface area (Å²) in [4.78, 5) is 0. The Kier molecular flexibility index (Phi) is 64.2. The van der Waals surface area contributed by atoms with Gasteiger partial charge in [0.05, 0.1) is 1.28 Å². The van der Waals surface area contributed by atoms with Crippen LogP contribution in [0.4, 0.5) is 0 Å². The van der Waals surface area contributed by atoms with Gasteiger partial charge < -0.3 is 68.0 Å². The molecule has 0 saturated carbocycles. The molecule has 0 bridgehead atoms. The smallest absolute Gasteiger partial charge is 0.312 e. The van der Waals surface area contributed by atoms with E-state index < -0.39 is 193 Å². The van der Waals surface area contributed by atoms with Crippen molar-refractivity contribution in [2.24, 2.45) is 5.73 Å². The first-order chi connectivity index (χ1) is 50.0. The van der Waals surface area contributed by atoms with Crippen LogP contribution >= 0.6 is 20.3 Å². The molecule has 0 aromatic carbocycles. The van der Waals surface area contributed by atoms with Crippen molar-refractivity contribution in [1.82, 2.24) is 8.46 Å². The van der Waals surface area contributed by atoms with E-state index in [-0.39, 0.29) is 29.6 Å². The van der Waals surface area contributed by atoms with Crippen LogP contribution in [0.2, 0.25) is 396 Å². The molecule has 0 aromatic heterocycles. The Labute approximate surface area is 776 Å². The van der Waals surface area contributed by atoms with E-state index in [4.69, 9.17) is 60.8 Å². The molecule has 0 heterocycles.